The lowest BCUT2D eigenvalue weighted by Crippen LogP contribution is -2.04. The molecule has 2 rings (SSSR count). The quantitative estimate of drug-likeness (QED) is 0.559. The molecule has 0 bridgehead atoms. The average molecular weight is 207 g/mol. The van der Waals surface area contributed by atoms with Crippen molar-refractivity contribution in [1.82, 2.24) is 0 Å². The van der Waals surface area contributed by atoms with Gasteiger partial charge in [-0.2, -0.15) is 0 Å². The smallest absolute Gasteiger partial charge is 0.217 e. The van der Waals surface area contributed by atoms with Crippen LogP contribution in [0.5, 0.6) is 5.75 Å². The predicted molar refractivity (Wildman–Crippen MR) is 55.6 cm³/mol. The first kappa shape index (κ1) is 9.96. The van der Waals surface area contributed by atoms with Gasteiger partial charge in [0.1, 0.15) is 5.75 Å². The number of nitro groups is 1. The zero-order valence-corrected chi connectivity index (χ0v) is 8.55. The van der Waals surface area contributed by atoms with E-state index in [4.69, 9.17) is 4.74 Å². The molecule has 0 aromatic heterocycles. The Hall–Kier alpha value is -1.58. The van der Waals surface area contributed by atoms with Crippen molar-refractivity contribution < 1.29 is 9.66 Å². The lowest BCUT2D eigenvalue weighted by molar-refractivity contribution is -0.498. The molecule has 80 valence electrons. The molecule has 1 fully saturated rings. The first-order chi connectivity index (χ1) is 7.20. The van der Waals surface area contributed by atoms with E-state index < -0.39 is 0 Å². The molecule has 1 aliphatic rings. The van der Waals surface area contributed by atoms with Crippen molar-refractivity contribution >= 4 is 0 Å². The number of ether oxygens (including phenoxy) is 1. The van der Waals surface area contributed by atoms with Gasteiger partial charge in [0.05, 0.1) is 7.11 Å². The van der Waals surface area contributed by atoms with Crippen molar-refractivity contribution in [3.63, 3.8) is 0 Å². The van der Waals surface area contributed by atoms with Crippen LogP contribution in [0.3, 0.4) is 0 Å². The topological polar surface area (TPSA) is 52.4 Å². The summed E-state index contributed by atoms with van der Waals surface area (Å²) in [6.45, 7) is 0. The van der Waals surface area contributed by atoms with Crippen molar-refractivity contribution in [1.29, 1.82) is 0 Å². The normalized spacial score (nSPS) is 23.5. The highest BCUT2D eigenvalue weighted by Gasteiger charge is 2.47. The minimum atomic E-state index is -0.313. The summed E-state index contributed by atoms with van der Waals surface area (Å²) in [5.41, 5.74) is 1.14. The van der Waals surface area contributed by atoms with Gasteiger partial charge in [0.2, 0.25) is 6.04 Å². The van der Waals surface area contributed by atoms with Gasteiger partial charge >= 0.3 is 0 Å². The Labute approximate surface area is 88.0 Å². The molecule has 0 aliphatic heterocycles. The molecular weight excluding hydrogens is 194 g/mol. The zero-order valence-electron chi connectivity index (χ0n) is 8.55. The van der Waals surface area contributed by atoms with Crippen LogP contribution in [-0.2, 0) is 6.42 Å². The van der Waals surface area contributed by atoms with E-state index in [1.807, 2.05) is 24.3 Å². The Morgan fingerprint density at radius 2 is 2.13 bits per heavy atom. The van der Waals surface area contributed by atoms with E-state index in [9.17, 15) is 10.1 Å². The van der Waals surface area contributed by atoms with Gasteiger partial charge in [0.15, 0.2) is 0 Å². The van der Waals surface area contributed by atoms with E-state index in [-0.39, 0.29) is 16.9 Å². The largest absolute Gasteiger partial charge is 0.497 e. The Balaban J connectivity index is 1.92. The molecule has 4 nitrogen and oxygen atoms in total. The van der Waals surface area contributed by atoms with Gasteiger partial charge in [-0.3, -0.25) is 10.1 Å². The molecule has 0 radical (unpaired) electrons. The van der Waals surface area contributed by atoms with Gasteiger partial charge in [0.25, 0.3) is 0 Å². The van der Waals surface area contributed by atoms with Crippen LogP contribution in [0.1, 0.15) is 12.0 Å². The summed E-state index contributed by atoms with van der Waals surface area (Å²) < 4.78 is 5.04. The standard InChI is InChI=1S/C11H13NO3/c1-15-10-4-2-8(3-5-10)6-9-7-11(9)12(13)14/h2-5,9,11H,6-7H2,1H3/t9-,11-/m0/s1. The van der Waals surface area contributed by atoms with Crippen molar-refractivity contribution in [3.8, 4) is 5.75 Å². The molecular formula is C11H13NO3. The maximum Gasteiger partial charge on any atom is 0.217 e. The molecule has 0 saturated heterocycles. The molecule has 0 spiro atoms. The van der Waals surface area contributed by atoms with Crippen molar-refractivity contribution in [2.75, 3.05) is 7.11 Å². The summed E-state index contributed by atoms with van der Waals surface area (Å²) in [6, 6.07) is 7.40. The fraction of sp³-hybridized carbons (Fsp3) is 0.455. The molecule has 0 N–H and O–H groups in total. The third-order valence-corrected chi connectivity index (χ3v) is 2.81. The summed E-state index contributed by atoms with van der Waals surface area (Å²) in [5.74, 6) is 1.05. The van der Waals surface area contributed by atoms with Crippen LogP contribution < -0.4 is 4.74 Å². The Morgan fingerprint density at radius 1 is 1.47 bits per heavy atom. The second-order valence-corrected chi connectivity index (χ2v) is 3.90. The number of benzene rings is 1. The highest BCUT2D eigenvalue weighted by molar-refractivity contribution is 5.27. The Morgan fingerprint density at radius 3 is 2.60 bits per heavy atom. The van der Waals surface area contributed by atoms with Crippen LogP contribution in [0, 0.1) is 16.0 Å². The number of methoxy groups -OCH3 is 1. The molecule has 15 heavy (non-hydrogen) atoms. The van der Waals surface area contributed by atoms with Gasteiger partial charge in [-0.15, -0.1) is 0 Å². The third kappa shape index (κ3) is 2.26. The van der Waals surface area contributed by atoms with E-state index in [2.05, 4.69) is 0 Å². The zero-order chi connectivity index (χ0) is 10.8. The fourth-order valence-electron chi connectivity index (χ4n) is 1.77. The fourth-order valence-corrected chi connectivity index (χ4v) is 1.77. The lowest BCUT2D eigenvalue weighted by Gasteiger charge is -2.01. The Bertz CT molecular complexity index is 361. The molecule has 0 heterocycles. The minimum Gasteiger partial charge on any atom is -0.497 e. The molecule has 4 heteroatoms. The van der Waals surface area contributed by atoms with Gasteiger partial charge < -0.3 is 4.74 Å². The van der Waals surface area contributed by atoms with E-state index in [0.717, 1.165) is 24.2 Å². The van der Waals surface area contributed by atoms with E-state index in [1.54, 1.807) is 7.11 Å². The van der Waals surface area contributed by atoms with E-state index in [1.165, 1.54) is 0 Å². The van der Waals surface area contributed by atoms with Crippen LogP contribution in [0.25, 0.3) is 0 Å². The van der Waals surface area contributed by atoms with E-state index in [0.29, 0.717) is 0 Å². The molecule has 2 atom stereocenters. The third-order valence-electron chi connectivity index (χ3n) is 2.81. The van der Waals surface area contributed by atoms with Crippen molar-refractivity contribution in [2.24, 2.45) is 5.92 Å². The molecule has 1 saturated carbocycles. The number of nitrogens with zero attached hydrogens (tertiary/aromatic N) is 1. The van der Waals surface area contributed by atoms with Crippen LogP contribution in [0.2, 0.25) is 0 Å². The molecule has 1 aromatic rings. The summed E-state index contributed by atoms with van der Waals surface area (Å²) in [7, 11) is 1.62. The van der Waals surface area contributed by atoms with E-state index >= 15 is 0 Å². The van der Waals surface area contributed by atoms with Gasteiger partial charge in [-0.05, 0) is 24.1 Å². The lowest BCUT2D eigenvalue weighted by atomic mass is 10.1. The summed E-state index contributed by atoms with van der Waals surface area (Å²) in [4.78, 5) is 10.3. The molecule has 0 amide bonds. The predicted octanol–water partition coefficient (Wildman–Crippen LogP) is 1.90. The first-order valence-corrected chi connectivity index (χ1v) is 4.97. The second kappa shape index (κ2) is 3.88. The highest BCUT2D eigenvalue weighted by Crippen LogP contribution is 2.36. The summed E-state index contributed by atoms with van der Waals surface area (Å²) >= 11 is 0. The number of rotatable bonds is 4. The maximum atomic E-state index is 10.4. The summed E-state index contributed by atoms with van der Waals surface area (Å²) in [5, 5.41) is 10.4. The second-order valence-electron chi connectivity index (χ2n) is 3.90. The molecule has 0 unspecified atom stereocenters. The number of hydrogen-bond acceptors (Lipinski definition) is 3. The highest BCUT2D eigenvalue weighted by atomic mass is 16.6. The van der Waals surface area contributed by atoms with Gasteiger partial charge in [0, 0.05) is 17.3 Å². The van der Waals surface area contributed by atoms with Gasteiger partial charge in [-0.1, -0.05) is 12.1 Å². The first-order valence-electron chi connectivity index (χ1n) is 4.97. The SMILES string of the molecule is COc1ccc(C[C@H]2C[C@@H]2[N+](=O)[O-])cc1. The van der Waals surface area contributed by atoms with Crippen molar-refractivity contribution in [3.05, 3.63) is 39.9 Å². The molecule has 1 aliphatic carbocycles. The van der Waals surface area contributed by atoms with Crippen LogP contribution in [0.4, 0.5) is 0 Å². The van der Waals surface area contributed by atoms with Crippen LogP contribution in [0.15, 0.2) is 24.3 Å². The summed E-state index contributed by atoms with van der Waals surface area (Å²) in [6.07, 6.45) is 1.52. The average Bonchev–Trinajstić information content (AvgIpc) is 2.98. The minimum absolute atomic E-state index is 0.172. The monoisotopic (exact) mass is 207 g/mol. The van der Waals surface area contributed by atoms with Crippen LogP contribution >= 0.6 is 0 Å². The van der Waals surface area contributed by atoms with Gasteiger partial charge in [-0.25, -0.2) is 0 Å². The maximum absolute atomic E-state index is 10.4. The van der Waals surface area contributed by atoms with Crippen molar-refractivity contribution in [2.45, 2.75) is 18.9 Å². The number of hydrogen-bond donors (Lipinski definition) is 0. The van der Waals surface area contributed by atoms with Crippen LogP contribution in [-0.4, -0.2) is 18.1 Å². The molecule has 1 aromatic carbocycles. The Kier molecular flexibility index (Phi) is 2.58.